The molecule has 2 aromatic rings. The molecule has 1 aliphatic heterocycles. The van der Waals surface area contributed by atoms with Gasteiger partial charge in [0.05, 0.1) is 18.7 Å². The molecule has 0 radical (unpaired) electrons. The smallest absolute Gasteiger partial charge is 0.317 e. The molecule has 0 spiro atoms. The zero-order valence-electron chi connectivity index (χ0n) is 16.7. The number of benzene rings is 1. The molecule has 7 nitrogen and oxygen atoms in total. The fraction of sp³-hybridized carbons (Fsp3) is 0.450. The molecule has 1 saturated heterocycles. The summed E-state index contributed by atoms with van der Waals surface area (Å²) >= 11 is 1.28. The zero-order chi connectivity index (χ0) is 21.0. The second kappa shape index (κ2) is 9.21. The monoisotopic (exact) mass is 420 g/mol. The minimum Gasteiger partial charge on any atom is -0.494 e. The van der Waals surface area contributed by atoms with Crippen molar-refractivity contribution >= 4 is 28.4 Å². The molecule has 1 aromatic carbocycles. The molecule has 3 rings (SSSR count). The normalized spacial score (nSPS) is 16.6. The lowest BCUT2D eigenvalue weighted by Crippen LogP contribution is -2.49. The Morgan fingerprint density at radius 3 is 2.86 bits per heavy atom. The van der Waals surface area contributed by atoms with Crippen molar-refractivity contribution in [3.8, 4) is 17.0 Å². The summed E-state index contributed by atoms with van der Waals surface area (Å²) in [5, 5.41) is 7.91. The van der Waals surface area contributed by atoms with E-state index in [9.17, 15) is 14.0 Å². The van der Waals surface area contributed by atoms with Crippen LogP contribution in [0.25, 0.3) is 11.3 Å². The SMILES string of the molecule is COc1ccc(-c2csc(NC(=O)C3CCCN(C(=O)NC(C)C)C3)n2)cc1F. The van der Waals surface area contributed by atoms with Crippen molar-refractivity contribution in [2.24, 2.45) is 5.92 Å². The van der Waals surface area contributed by atoms with E-state index >= 15 is 0 Å². The summed E-state index contributed by atoms with van der Waals surface area (Å²) in [5.74, 6) is -0.743. The van der Waals surface area contributed by atoms with Gasteiger partial charge in [0, 0.05) is 30.1 Å². The van der Waals surface area contributed by atoms with Crippen LogP contribution in [-0.2, 0) is 4.79 Å². The Balaban J connectivity index is 1.62. The van der Waals surface area contributed by atoms with Gasteiger partial charge in [-0.1, -0.05) is 0 Å². The van der Waals surface area contributed by atoms with Crippen LogP contribution in [0.2, 0.25) is 0 Å². The number of carbonyl (C=O) groups excluding carboxylic acids is 2. The van der Waals surface area contributed by atoms with E-state index in [1.807, 2.05) is 13.8 Å². The molecule has 0 aliphatic carbocycles. The second-order valence-corrected chi connectivity index (χ2v) is 8.12. The van der Waals surface area contributed by atoms with Crippen molar-refractivity contribution in [1.82, 2.24) is 15.2 Å². The molecular weight excluding hydrogens is 395 g/mol. The highest BCUT2D eigenvalue weighted by molar-refractivity contribution is 7.14. The molecule has 0 bridgehead atoms. The lowest BCUT2D eigenvalue weighted by molar-refractivity contribution is -0.121. The first kappa shape index (κ1) is 21.0. The van der Waals surface area contributed by atoms with Crippen LogP contribution < -0.4 is 15.4 Å². The van der Waals surface area contributed by atoms with Crippen LogP contribution in [0.1, 0.15) is 26.7 Å². The largest absolute Gasteiger partial charge is 0.494 e. The number of halogens is 1. The summed E-state index contributed by atoms with van der Waals surface area (Å²) < 4.78 is 18.8. The fourth-order valence-electron chi connectivity index (χ4n) is 3.21. The van der Waals surface area contributed by atoms with Crippen molar-refractivity contribution in [3.05, 3.63) is 29.4 Å². The molecule has 29 heavy (non-hydrogen) atoms. The van der Waals surface area contributed by atoms with E-state index in [0.29, 0.717) is 29.5 Å². The lowest BCUT2D eigenvalue weighted by atomic mass is 9.97. The Bertz CT molecular complexity index is 886. The summed E-state index contributed by atoms with van der Waals surface area (Å²) in [4.78, 5) is 30.9. The van der Waals surface area contributed by atoms with Crippen molar-refractivity contribution in [2.75, 3.05) is 25.5 Å². The molecule has 1 unspecified atom stereocenters. The van der Waals surface area contributed by atoms with Gasteiger partial charge in [0.25, 0.3) is 0 Å². The summed E-state index contributed by atoms with van der Waals surface area (Å²) in [6.45, 7) is 4.83. The summed E-state index contributed by atoms with van der Waals surface area (Å²) in [6.07, 6.45) is 1.50. The zero-order valence-corrected chi connectivity index (χ0v) is 17.5. The van der Waals surface area contributed by atoms with Crippen molar-refractivity contribution in [1.29, 1.82) is 0 Å². The average molecular weight is 421 g/mol. The number of hydrogen-bond donors (Lipinski definition) is 2. The van der Waals surface area contributed by atoms with Crippen LogP contribution in [0.4, 0.5) is 14.3 Å². The number of ether oxygens (including phenoxy) is 1. The predicted octanol–water partition coefficient (Wildman–Crippen LogP) is 3.73. The number of methoxy groups -OCH3 is 1. The first-order valence-corrected chi connectivity index (χ1v) is 10.4. The van der Waals surface area contributed by atoms with Gasteiger partial charge in [0.1, 0.15) is 0 Å². The summed E-state index contributed by atoms with van der Waals surface area (Å²) in [7, 11) is 1.41. The number of thiazole rings is 1. The molecule has 0 saturated carbocycles. The molecule has 1 aliphatic rings. The van der Waals surface area contributed by atoms with Gasteiger partial charge in [-0.25, -0.2) is 14.2 Å². The number of rotatable bonds is 5. The van der Waals surface area contributed by atoms with Gasteiger partial charge in [-0.2, -0.15) is 0 Å². The number of likely N-dealkylation sites (tertiary alicyclic amines) is 1. The van der Waals surface area contributed by atoms with Gasteiger partial charge in [-0.15, -0.1) is 11.3 Å². The van der Waals surface area contributed by atoms with Gasteiger partial charge in [0.2, 0.25) is 5.91 Å². The second-order valence-electron chi connectivity index (χ2n) is 7.27. The Labute approximate surface area is 173 Å². The van der Waals surface area contributed by atoms with Gasteiger partial charge in [-0.05, 0) is 44.9 Å². The van der Waals surface area contributed by atoms with E-state index in [1.165, 1.54) is 24.5 Å². The third kappa shape index (κ3) is 5.23. The van der Waals surface area contributed by atoms with Crippen LogP contribution in [0, 0.1) is 11.7 Å². The molecule has 1 aromatic heterocycles. The Morgan fingerprint density at radius 2 is 2.17 bits per heavy atom. The Morgan fingerprint density at radius 1 is 1.38 bits per heavy atom. The molecule has 1 atom stereocenters. The van der Waals surface area contributed by atoms with E-state index in [1.54, 1.807) is 22.4 Å². The van der Waals surface area contributed by atoms with Crippen LogP contribution in [-0.4, -0.2) is 48.1 Å². The van der Waals surface area contributed by atoms with Crippen LogP contribution >= 0.6 is 11.3 Å². The number of aromatic nitrogens is 1. The first-order chi connectivity index (χ1) is 13.9. The maximum absolute atomic E-state index is 13.9. The van der Waals surface area contributed by atoms with Gasteiger partial charge in [-0.3, -0.25) is 4.79 Å². The maximum atomic E-state index is 13.9. The maximum Gasteiger partial charge on any atom is 0.317 e. The summed E-state index contributed by atoms with van der Waals surface area (Å²) in [5.41, 5.74) is 1.18. The molecule has 2 heterocycles. The minimum atomic E-state index is -0.467. The number of hydrogen-bond acceptors (Lipinski definition) is 5. The highest BCUT2D eigenvalue weighted by Crippen LogP contribution is 2.29. The fourth-order valence-corrected chi connectivity index (χ4v) is 3.93. The molecular formula is C20H25FN4O3S. The molecule has 156 valence electrons. The highest BCUT2D eigenvalue weighted by atomic mass is 32.1. The van der Waals surface area contributed by atoms with E-state index in [2.05, 4.69) is 15.6 Å². The first-order valence-electron chi connectivity index (χ1n) is 9.53. The Hall–Kier alpha value is -2.68. The number of nitrogens with zero attached hydrogens (tertiary/aromatic N) is 2. The van der Waals surface area contributed by atoms with Crippen LogP contribution in [0.5, 0.6) is 5.75 Å². The molecule has 1 fully saturated rings. The average Bonchev–Trinajstić information content (AvgIpc) is 3.16. The number of amides is 3. The van der Waals surface area contributed by atoms with E-state index < -0.39 is 5.82 Å². The number of piperidine rings is 1. The van der Waals surface area contributed by atoms with E-state index in [0.717, 1.165) is 12.8 Å². The molecule has 2 N–H and O–H groups in total. The topological polar surface area (TPSA) is 83.6 Å². The summed E-state index contributed by atoms with van der Waals surface area (Å²) in [6, 6.07) is 4.52. The quantitative estimate of drug-likeness (QED) is 0.772. The van der Waals surface area contributed by atoms with Crippen molar-refractivity contribution < 1.29 is 18.7 Å². The van der Waals surface area contributed by atoms with Crippen LogP contribution in [0.15, 0.2) is 23.6 Å². The highest BCUT2D eigenvalue weighted by Gasteiger charge is 2.29. The van der Waals surface area contributed by atoms with E-state index in [4.69, 9.17) is 4.74 Å². The molecule has 3 amide bonds. The third-order valence-corrected chi connectivity index (χ3v) is 5.43. The predicted molar refractivity (Wildman–Crippen MR) is 111 cm³/mol. The van der Waals surface area contributed by atoms with E-state index in [-0.39, 0.29) is 29.6 Å². The van der Waals surface area contributed by atoms with Crippen molar-refractivity contribution in [2.45, 2.75) is 32.7 Å². The van der Waals surface area contributed by atoms with Gasteiger partial charge >= 0.3 is 6.03 Å². The standard InChI is InChI=1S/C20H25FN4O3S/c1-12(2)22-20(27)25-8-4-5-14(10-25)18(26)24-19-23-16(11-29-19)13-6-7-17(28-3)15(21)9-13/h6-7,9,11-12,14H,4-5,8,10H2,1-3H3,(H,22,27)(H,23,24,26). The van der Waals surface area contributed by atoms with Gasteiger partial charge < -0.3 is 20.3 Å². The Kier molecular flexibility index (Phi) is 6.68. The number of nitrogens with one attached hydrogen (secondary N) is 2. The number of carbonyl (C=O) groups is 2. The van der Waals surface area contributed by atoms with Gasteiger partial charge in [0.15, 0.2) is 16.7 Å². The lowest BCUT2D eigenvalue weighted by Gasteiger charge is -2.32. The van der Waals surface area contributed by atoms with Crippen molar-refractivity contribution in [3.63, 3.8) is 0 Å². The third-order valence-electron chi connectivity index (χ3n) is 4.67. The molecule has 9 heteroatoms. The van der Waals surface area contributed by atoms with Crippen LogP contribution in [0.3, 0.4) is 0 Å². The number of urea groups is 1. The number of anilines is 1. The minimum absolute atomic E-state index is 0.0493.